The van der Waals surface area contributed by atoms with Gasteiger partial charge >= 0.3 is 5.97 Å². The van der Waals surface area contributed by atoms with E-state index < -0.39 is 5.79 Å². The van der Waals surface area contributed by atoms with Crippen molar-refractivity contribution in [2.24, 2.45) is 5.92 Å². The number of carbonyl (C=O) groups excluding carboxylic acids is 2. The Kier molecular flexibility index (Phi) is 4.15. The van der Waals surface area contributed by atoms with Crippen molar-refractivity contribution in [3.8, 4) is 11.5 Å². The number of cyclic esters (lactones) is 1. The SMILES string of the molecule is CCC1(CC)Oc2ccc(NC(=O)CC3COC(=O)C3)cc2O1. The van der Waals surface area contributed by atoms with Gasteiger partial charge < -0.3 is 19.5 Å². The number of ether oxygens (including phenoxy) is 3. The average Bonchev–Trinajstić information content (AvgIpc) is 3.10. The Labute approximate surface area is 135 Å². The van der Waals surface area contributed by atoms with E-state index >= 15 is 0 Å². The Morgan fingerprint density at radius 1 is 1.26 bits per heavy atom. The predicted octanol–water partition coefficient (Wildman–Crippen LogP) is 2.87. The van der Waals surface area contributed by atoms with Gasteiger partial charge in [0, 0.05) is 36.9 Å². The number of rotatable bonds is 5. The summed E-state index contributed by atoms with van der Waals surface area (Å²) in [6, 6.07) is 5.37. The van der Waals surface area contributed by atoms with Gasteiger partial charge in [0.25, 0.3) is 5.79 Å². The third-order valence-electron chi connectivity index (χ3n) is 4.31. The van der Waals surface area contributed by atoms with Gasteiger partial charge in [0.15, 0.2) is 11.5 Å². The molecule has 23 heavy (non-hydrogen) atoms. The Morgan fingerprint density at radius 2 is 2.00 bits per heavy atom. The average molecular weight is 319 g/mol. The van der Waals surface area contributed by atoms with E-state index in [0.717, 1.165) is 12.8 Å². The molecule has 1 atom stereocenters. The molecule has 1 aromatic rings. The number of anilines is 1. The number of carbonyl (C=O) groups is 2. The number of hydrogen-bond acceptors (Lipinski definition) is 5. The molecule has 3 rings (SSSR count). The lowest BCUT2D eigenvalue weighted by Gasteiger charge is -2.24. The van der Waals surface area contributed by atoms with E-state index in [1.54, 1.807) is 18.2 Å². The van der Waals surface area contributed by atoms with Crippen LogP contribution in [0, 0.1) is 5.92 Å². The summed E-state index contributed by atoms with van der Waals surface area (Å²) in [5.41, 5.74) is 0.658. The first-order valence-corrected chi connectivity index (χ1v) is 8.01. The van der Waals surface area contributed by atoms with Gasteiger partial charge in [0.05, 0.1) is 13.0 Å². The van der Waals surface area contributed by atoms with E-state index in [1.807, 2.05) is 13.8 Å². The lowest BCUT2D eigenvalue weighted by atomic mass is 10.0. The van der Waals surface area contributed by atoms with E-state index in [9.17, 15) is 9.59 Å². The standard InChI is InChI=1S/C17H21NO5/c1-3-17(4-2)22-13-6-5-12(9-14(13)23-17)18-15(19)7-11-8-16(20)21-10-11/h5-6,9,11H,3-4,7-8,10H2,1-2H3,(H,18,19). The van der Waals surface area contributed by atoms with Gasteiger partial charge in [-0.3, -0.25) is 9.59 Å². The molecule has 1 unspecified atom stereocenters. The molecule has 1 fully saturated rings. The minimum atomic E-state index is -0.605. The second-order valence-corrected chi connectivity index (χ2v) is 5.99. The molecular weight excluding hydrogens is 298 g/mol. The first kappa shape index (κ1) is 15.6. The number of fused-ring (bicyclic) bond motifs is 1. The van der Waals surface area contributed by atoms with Crippen LogP contribution in [0.15, 0.2) is 18.2 Å². The van der Waals surface area contributed by atoms with E-state index in [1.165, 1.54) is 0 Å². The Balaban J connectivity index is 1.62. The molecule has 0 aliphatic carbocycles. The zero-order valence-corrected chi connectivity index (χ0v) is 13.4. The first-order chi connectivity index (χ1) is 11.0. The van der Waals surface area contributed by atoms with Gasteiger partial charge in [0.1, 0.15) is 0 Å². The normalized spacial score (nSPS) is 21.1. The molecule has 0 bridgehead atoms. The van der Waals surface area contributed by atoms with Crippen LogP contribution >= 0.6 is 0 Å². The zero-order chi connectivity index (χ0) is 16.4. The van der Waals surface area contributed by atoms with Crippen LogP contribution < -0.4 is 14.8 Å². The first-order valence-electron chi connectivity index (χ1n) is 8.01. The molecule has 0 radical (unpaired) electrons. The molecule has 0 aromatic heterocycles. The van der Waals surface area contributed by atoms with Gasteiger partial charge in [-0.15, -0.1) is 0 Å². The molecule has 124 valence electrons. The van der Waals surface area contributed by atoms with E-state index in [-0.39, 0.29) is 24.2 Å². The van der Waals surface area contributed by atoms with Crippen LogP contribution in [0.2, 0.25) is 0 Å². The molecular formula is C17H21NO5. The van der Waals surface area contributed by atoms with Gasteiger partial charge in [-0.05, 0) is 12.1 Å². The van der Waals surface area contributed by atoms with Crippen molar-refractivity contribution in [1.29, 1.82) is 0 Å². The number of hydrogen-bond donors (Lipinski definition) is 1. The summed E-state index contributed by atoms with van der Waals surface area (Å²) in [7, 11) is 0. The van der Waals surface area contributed by atoms with Crippen LogP contribution in [0.3, 0.4) is 0 Å². The Morgan fingerprint density at radius 3 is 2.65 bits per heavy atom. The highest BCUT2D eigenvalue weighted by molar-refractivity contribution is 5.91. The third-order valence-corrected chi connectivity index (χ3v) is 4.31. The molecule has 2 aliphatic heterocycles. The lowest BCUT2D eigenvalue weighted by molar-refractivity contribution is -0.138. The van der Waals surface area contributed by atoms with Crippen LogP contribution in [0.1, 0.15) is 39.5 Å². The fourth-order valence-electron chi connectivity index (χ4n) is 2.88. The third kappa shape index (κ3) is 3.25. The second-order valence-electron chi connectivity index (χ2n) is 5.99. The molecule has 0 saturated carbocycles. The summed E-state index contributed by atoms with van der Waals surface area (Å²) in [4.78, 5) is 23.1. The summed E-state index contributed by atoms with van der Waals surface area (Å²) < 4.78 is 16.7. The van der Waals surface area contributed by atoms with Crippen LogP contribution in [-0.4, -0.2) is 24.3 Å². The molecule has 1 aromatic carbocycles. The molecule has 2 heterocycles. The predicted molar refractivity (Wildman–Crippen MR) is 83.3 cm³/mol. The van der Waals surface area contributed by atoms with Gasteiger partial charge in [0.2, 0.25) is 5.91 Å². The van der Waals surface area contributed by atoms with E-state index in [4.69, 9.17) is 14.2 Å². The maximum atomic E-state index is 12.1. The highest BCUT2D eigenvalue weighted by atomic mass is 16.7. The van der Waals surface area contributed by atoms with E-state index in [2.05, 4.69) is 5.32 Å². The topological polar surface area (TPSA) is 73.9 Å². The molecule has 1 N–H and O–H groups in total. The van der Waals surface area contributed by atoms with Crippen LogP contribution in [0.4, 0.5) is 5.69 Å². The fraction of sp³-hybridized carbons (Fsp3) is 0.529. The molecule has 0 spiro atoms. The van der Waals surface area contributed by atoms with Crippen molar-refractivity contribution in [2.75, 3.05) is 11.9 Å². The minimum Gasteiger partial charge on any atom is -0.465 e. The highest BCUT2D eigenvalue weighted by Gasteiger charge is 2.38. The molecule has 6 heteroatoms. The summed E-state index contributed by atoms with van der Waals surface area (Å²) in [6.07, 6.45) is 2.07. The Hall–Kier alpha value is -2.24. The zero-order valence-electron chi connectivity index (χ0n) is 13.4. The molecule has 2 aliphatic rings. The summed E-state index contributed by atoms with van der Waals surface area (Å²) in [5.74, 6) is 0.328. The van der Waals surface area contributed by atoms with Crippen molar-refractivity contribution in [2.45, 2.75) is 45.3 Å². The quantitative estimate of drug-likeness (QED) is 0.845. The van der Waals surface area contributed by atoms with Crippen molar-refractivity contribution in [1.82, 2.24) is 0 Å². The van der Waals surface area contributed by atoms with Crippen LogP contribution in [-0.2, 0) is 14.3 Å². The fourth-order valence-corrected chi connectivity index (χ4v) is 2.88. The smallest absolute Gasteiger partial charge is 0.306 e. The van der Waals surface area contributed by atoms with E-state index in [0.29, 0.717) is 30.2 Å². The number of esters is 1. The van der Waals surface area contributed by atoms with Crippen molar-refractivity contribution < 1.29 is 23.8 Å². The monoisotopic (exact) mass is 319 g/mol. The number of amides is 1. The lowest BCUT2D eigenvalue weighted by Crippen LogP contribution is -2.36. The number of benzene rings is 1. The van der Waals surface area contributed by atoms with Crippen LogP contribution in [0.5, 0.6) is 11.5 Å². The highest BCUT2D eigenvalue weighted by Crippen LogP contribution is 2.43. The Bertz CT molecular complexity index is 623. The van der Waals surface area contributed by atoms with Crippen molar-refractivity contribution >= 4 is 17.6 Å². The second kappa shape index (κ2) is 6.10. The summed E-state index contributed by atoms with van der Waals surface area (Å²) in [5, 5.41) is 2.84. The van der Waals surface area contributed by atoms with Gasteiger partial charge in [-0.2, -0.15) is 0 Å². The largest absolute Gasteiger partial charge is 0.465 e. The molecule has 1 amide bonds. The van der Waals surface area contributed by atoms with Crippen LogP contribution in [0.25, 0.3) is 0 Å². The number of nitrogens with one attached hydrogen (secondary N) is 1. The summed E-state index contributed by atoms with van der Waals surface area (Å²) >= 11 is 0. The maximum Gasteiger partial charge on any atom is 0.306 e. The van der Waals surface area contributed by atoms with Gasteiger partial charge in [-0.25, -0.2) is 0 Å². The van der Waals surface area contributed by atoms with Gasteiger partial charge in [-0.1, -0.05) is 13.8 Å². The summed E-state index contributed by atoms with van der Waals surface area (Å²) in [6.45, 7) is 4.36. The molecule has 1 saturated heterocycles. The molecule has 6 nitrogen and oxygen atoms in total. The minimum absolute atomic E-state index is 0.0376. The van der Waals surface area contributed by atoms with Crippen molar-refractivity contribution in [3.63, 3.8) is 0 Å². The van der Waals surface area contributed by atoms with Crippen molar-refractivity contribution in [3.05, 3.63) is 18.2 Å². The maximum absolute atomic E-state index is 12.1.